The monoisotopic (exact) mass is 449 g/mol. The van der Waals surface area contributed by atoms with Crippen LogP contribution >= 0.6 is 0 Å². The second-order valence-electron chi connectivity index (χ2n) is 7.62. The first-order chi connectivity index (χ1) is 16.1. The van der Waals surface area contributed by atoms with E-state index in [-0.39, 0.29) is 12.7 Å². The molecule has 0 bridgehead atoms. The number of methoxy groups -OCH3 is 1. The van der Waals surface area contributed by atoms with Crippen molar-refractivity contribution in [2.75, 3.05) is 38.7 Å². The van der Waals surface area contributed by atoms with Crippen LogP contribution in [0.5, 0.6) is 11.5 Å². The van der Waals surface area contributed by atoms with E-state index in [0.717, 1.165) is 36.0 Å². The van der Waals surface area contributed by atoms with E-state index in [0.29, 0.717) is 24.7 Å². The van der Waals surface area contributed by atoms with E-state index in [2.05, 4.69) is 15.2 Å². The highest BCUT2D eigenvalue weighted by Gasteiger charge is 2.23. The Morgan fingerprint density at radius 2 is 2.06 bits per heavy atom. The normalized spacial score (nSPS) is 16.2. The van der Waals surface area contributed by atoms with E-state index in [4.69, 9.17) is 24.9 Å². The van der Waals surface area contributed by atoms with E-state index < -0.39 is 5.91 Å². The van der Waals surface area contributed by atoms with E-state index in [1.807, 2.05) is 48.5 Å². The number of carbonyl (C=O) groups excluding carboxylic acids is 1. The Balaban J connectivity index is 1.41. The minimum absolute atomic E-state index is 0.135. The van der Waals surface area contributed by atoms with Crippen LogP contribution in [0.15, 0.2) is 60.8 Å². The number of morpholine rings is 1. The molecule has 172 valence electrons. The van der Waals surface area contributed by atoms with Gasteiger partial charge in [0.05, 0.1) is 19.4 Å². The highest BCUT2D eigenvalue weighted by Crippen LogP contribution is 2.30. The number of pyridine rings is 2. The molecule has 1 amide bonds. The highest BCUT2D eigenvalue weighted by molar-refractivity contribution is 5.75. The first-order valence-corrected chi connectivity index (χ1v) is 10.7. The van der Waals surface area contributed by atoms with Crippen LogP contribution in [0.3, 0.4) is 0 Å². The van der Waals surface area contributed by atoms with Gasteiger partial charge < -0.3 is 25.3 Å². The lowest BCUT2D eigenvalue weighted by atomic mass is 10.1. The zero-order valence-corrected chi connectivity index (χ0v) is 18.4. The Bertz CT molecular complexity index is 1080. The molecule has 9 heteroatoms. The topological polar surface area (TPSA) is 112 Å². The summed E-state index contributed by atoms with van der Waals surface area (Å²) in [5, 5.41) is 3.22. The molecule has 2 aromatic heterocycles. The zero-order chi connectivity index (χ0) is 23.0. The van der Waals surface area contributed by atoms with Gasteiger partial charge in [-0.15, -0.1) is 0 Å². The van der Waals surface area contributed by atoms with Gasteiger partial charge in [0.15, 0.2) is 18.1 Å². The number of aromatic nitrogens is 2. The lowest BCUT2D eigenvalue weighted by Gasteiger charge is -2.32. The first kappa shape index (κ1) is 22.5. The standard InChI is InChI=1S/C24H27N5O4/c1-31-20-13-17(8-9-19(20)33-16-22(25)30)14-29-11-12-32-21(15-29)18-5-4-7-24(27-18)28-23-6-2-3-10-26-23/h2-10,13,21H,11-12,14-16H2,1H3,(H2,25,30)(H,26,27,28)/t21-/m1/s1. The average molecular weight is 450 g/mol. The molecule has 1 aliphatic rings. The number of nitrogens with one attached hydrogen (secondary N) is 1. The Kier molecular flexibility index (Phi) is 7.33. The van der Waals surface area contributed by atoms with Crippen LogP contribution in [-0.2, 0) is 16.1 Å². The fourth-order valence-corrected chi connectivity index (χ4v) is 3.63. The average Bonchev–Trinajstić information content (AvgIpc) is 2.84. The van der Waals surface area contributed by atoms with Crippen LogP contribution in [0.25, 0.3) is 0 Å². The van der Waals surface area contributed by atoms with Crippen LogP contribution in [0.4, 0.5) is 11.6 Å². The summed E-state index contributed by atoms with van der Waals surface area (Å²) in [5.74, 6) is 1.98. The van der Waals surface area contributed by atoms with Crippen LogP contribution in [0.2, 0.25) is 0 Å². The maximum absolute atomic E-state index is 11.0. The molecule has 0 saturated carbocycles. The number of primary amides is 1. The van der Waals surface area contributed by atoms with Gasteiger partial charge in [-0.25, -0.2) is 9.97 Å². The lowest BCUT2D eigenvalue weighted by Crippen LogP contribution is -2.38. The van der Waals surface area contributed by atoms with E-state index in [1.165, 1.54) is 0 Å². The molecule has 3 heterocycles. The number of nitrogens with zero attached hydrogens (tertiary/aromatic N) is 3. The Morgan fingerprint density at radius 1 is 1.18 bits per heavy atom. The van der Waals surface area contributed by atoms with Crippen LogP contribution < -0.4 is 20.5 Å². The van der Waals surface area contributed by atoms with Crippen LogP contribution in [0.1, 0.15) is 17.4 Å². The molecule has 1 atom stereocenters. The van der Waals surface area contributed by atoms with Crippen molar-refractivity contribution >= 4 is 17.5 Å². The van der Waals surface area contributed by atoms with E-state index in [1.54, 1.807) is 19.4 Å². The molecule has 0 spiro atoms. The third-order valence-electron chi connectivity index (χ3n) is 5.18. The number of anilines is 2. The summed E-state index contributed by atoms with van der Waals surface area (Å²) in [7, 11) is 1.57. The molecule has 1 aliphatic heterocycles. The number of amides is 1. The smallest absolute Gasteiger partial charge is 0.255 e. The molecular weight excluding hydrogens is 422 g/mol. The number of ether oxygens (including phenoxy) is 3. The number of hydrogen-bond donors (Lipinski definition) is 2. The molecule has 1 fully saturated rings. The van der Waals surface area contributed by atoms with E-state index >= 15 is 0 Å². The van der Waals surface area contributed by atoms with Crippen LogP contribution in [-0.4, -0.2) is 54.2 Å². The molecule has 1 saturated heterocycles. The van der Waals surface area contributed by atoms with Crippen molar-refractivity contribution < 1.29 is 19.0 Å². The van der Waals surface area contributed by atoms with Crippen LogP contribution in [0, 0.1) is 0 Å². The van der Waals surface area contributed by atoms with Gasteiger partial charge in [0.25, 0.3) is 5.91 Å². The van der Waals surface area contributed by atoms with Crippen molar-refractivity contribution in [1.82, 2.24) is 14.9 Å². The van der Waals surface area contributed by atoms with Gasteiger partial charge in [0.1, 0.15) is 17.7 Å². The van der Waals surface area contributed by atoms with Gasteiger partial charge in [0.2, 0.25) is 0 Å². The second-order valence-corrected chi connectivity index (χ2v) is 7.62. The summed E-state index contributed by atoms with van der Waals surface area (Å²) >= 11 is 0. The minimum Gasteiger partial charge on any atom is -0.493 e. The minimum atomic E-state index is -0.534. The molecule has 0 radical (unpaired) electrons. The summed E-state index contributed by atoms with van der Waals surface area (Å²) < 4.78 is 16.8. The Morgan fingerprint density at radius 3 is 2.85 bits per heavy atom. The van der Waals surface area contributed by atoms with Gasteiger partial charge >= 0.3 is 0 Å². The van der Waals surface area contributed by atoms with Gasteiger partial charge in [-0.3, -0.25) is 9.69 Å². The van der Waals surface area contributed by atoms with Gasteiger partial charge in [-0.2, -0.15) is 0 Å². The van der Waals surface area contributed by atoms with E-state index in [9.17, 15) is 4.79 Å². The molecular formula is C24H27N5O4. The van der Waals surface area contributed by atoms with Crippen molar-refractivity contribution in [1.29, 1.82) is 0 Å². The Labute approximate surface area is 192 Å². The number of rotatable bonds is 9. The van der Waals surface area contributed by atoms with Crippen molar-refractivity contribution in [2.45, 2.75) is 12.6 Å². The molecule has 4 rings (SSSR count). The molecule has 33 heavy (non-hydrogen) atoms. The number of nitrogens with two attached hydrogens (primary N) is 1. The molecule has 9 nitrogen and oxygen atoms in total. The summed E-state index contributed by atoms with van der Waals surface area (Å²) in [6, 6.07) is 17.2. The first-order valence-electron chi connectivity index (χ1n) is 10.7. The molecule has 3 aromatic rings. The predicted molar refractivity (Wildman–Crippen MR) is 123 cm³/mol. The summed E-state index contributed by atoms with van der Waals surface area (Å²) in [5.41, 5.74) is 7.09. The third-order valence-corrected chi connectivity index (χ3v) is 5.18. The second kappa shape index (κ2) is 10.8. The molecule has 3 N–H and O–H groups in total. The number of hydrogen-bond acceptors (Lipinski definition) is 8. The quantitative estimate of drug-likeness (QED) is 0.513. The molecule has 1 aromatic carbocycles. The summed E-state index contributed by atoms with van der Waals surface area (Å²) in [4.78, 5) is 22.3. The summed E-state index contributed by atoms with van der Waals surface area (Å²) in [6.45, 7) is 2.66. The van der Waals surface area contributed by atoms with Crippen molar-refractivity contribution in [3.63, 3.8) is 0 Å². The predicted octanol–water partition coefficient (Wildman–Crippen LogP) is 2.67. The van der Waals surface area contributed by atoms with Crippen molar-refractivity contribution in [2.24, 2.45) is 5.73 Å². The van der Waals surface area contributed by atoms with Gasteiger partial charge in [0, 0.05) is 25.8 Å². The zero-order valence-electron chi connectivity index (χ0n) is 18.4. The highest BCUT2D eigenvalue weighted by atomic mass is 16.5. The fourth-order valence-electron chi connectivity index (χ4n) is 3.63. The maximum atomic E-state index is 11.0. The molecule has 0 aliphatic carbocycles. The largest absolute Gasteiger partial charge is 0.493 e. The molecule has 0 unspecified atom stereocenters. The third kappa shape index (κ3) is 6.18. The fraction of sp³-hybridized carbons (Fsp3) is 0.292. The number of carbonyl (C=O) groups is 1. The number of benzene rings is 1. The van der Waals surface area contributed by atoms with Crippen molar-refractivity contribution in [3.05, 3.63) is 72.1 Å². The maximum Gasteiger partial charge on any atom is 0.255 e. The SMILES string of the molecule is COc1cc(CN2CCO[C@@H](c3cccc(Nc4ccccn4)n3)C2)ccc1OCC(N)=O. The Hall–Kier alpha value is -3.69. The summed E-state index contributed by atoms with van der Waals surface area (Å²) in [6.07, 6.45) is 1.60. The van der Waals surface area contributed by atoms with Gasteiger partial charge in [-0.1, -0.05) is 18.2 Å². The lowest BCUT2D eigenvalue weighted by molar-refractivity contribution is -0.119. The van der Waals surface area contributed by atoms with Crippen molar-refractivity contribution in [3.8, 4) is 11.5 Å². The van der Waals surface area contributed by atoms with Gasteiger partial charge in [-0.05, 0) is 42.0 Å².